The first-order chi connectivity index (χ1) is 17.9. The van der Waals surface area contributed by atoms with Crippen LogP contribution in [0, 0.1) is 0 Å². The van der Waals surface area contributed by atoms with Gasteiger partial charge < -0.3 is 15.0 Å². The Morgan fingerprint density at radius 3 is 2.39 bits per heavy atom. The highest BCUT2D eigenvalue weighted by atomic mass is 32.2. The van der Waals surface area contributed by atoms with Crippen LogP contribution in [0.2, 0.25) is 0 Å². The van der Waals surface area contributed by atoms with E-state index in [1.54, 1.807) is 32.0 Å². The van der Waals surface area contributed by atoms with Gasteiger partial charge in [0.15, 0.2) is 0 Å². The van der Waals surface area contributed by atoms with Crippen LogP contribution in [-0.2, 0) is 16.1 Å². The fourth-order valence-electron chi connectivity index (χ4n) is 3.79. The van der Waals surface area contributed by atoms with E-state index in [0.29, 0.717) is 17.1 Å². The maximum Gasteiger partial charge on any atom is 0.446 e. The van der Waals surface area contributed by atoms with E-state index in [1.807, 2.05) is 0 Å². The number of urea groups is 1. The van der Waals surface area contributed by atoms with Crippen LogP contribution >= 0.6 is 11.8 Å². The molecule has 0 bridgehead atoms. The summed E-state index contributed by atoms with van der Waals surface area (Å²) in [6, 6.07) is 11.0. The molecule has 3 heterocycles. The molecule has 38 heavy (non-hydrogen) atoms. The molecule has 0 atom stereocenters. The van der Waals surface area contributed by atoms with Gasteiger partial charge in [-0.2, -0.15) is 13.2 Å². The van der Waals surface area contributed by atoms with Gasteiger partial charge in [-0.3, -0.25) is 4.79 Å². The number of nitrogens with zero attached hydrogens (tertiary/aromatic N) is 4. The fourth-order valence-corrected chi connectivity index (χ4v) is 4.33. The number of carbonyl (C=O) groups excluding carboxylic acids is 3. The van der Waals surface area contributed by atoms with Crippen LogP contribution in [0.15, 0.2) is 65.8 Å². The molecule has 13 heteroatoms. The molecule has 3 aromatic rings. The highest BCUT2D eigenvalue weighted by molar-refractivity contribution is 8.00. The Kier molecular flexibility index (Phi) is 7.31. The van der Waals surface area contributed by atoms with E-state index in [0.717, 1.165) is 4.90 Å². The van der Waals surface area contributed by atoms with Gasteiger partial charge in [0.1, 0.15) is 17.1 Å². The van der Waals surface area contributed by atoms with Crippen LogP contribution in [0.3, 0.4) is 0 Å². The number of anilines is 3. The topological polar surface area (TPSA) is 105 Å². The minimum absolute atomic E-state index is 0.0524. The van der Waals surface area contributed by atoms with E-state index in [2.05, 4.69) is 20.0 Å². The van der Waals surface area contributed by atoms with E-state index in [-0.39, 0.29) is 34.6 Å². The highest BCUT2D eigenvalue weighted by Crippen LogP contribution is 2.39. The lowest BCUT2D eigenvalue weighted by Crippen LogP contribution is -2.43. The van der Waals surface area contributed by atoms with Gasteiger partial charge in [-0.1, -0.05) is 0 Å². The summed E-state index contributed by atoms with van der Waals surface area (Å²) < 4.78 is 42.6. The summed E-state index contributed by atoms with van der Waals surface area (Å²) in [6.07, 6.45) is 2.99. The second kappa shape index (κ2) is 10.3. The third kappa shape index (κ3) is 5.72. The number of benzene rings is 1. The van der Waals surface area contributed by atoms with Gasteiger partial charge >= 0.3 is 17.5 Å². The largest absolute Gasteiger partial charge is 0.464 e. The zero-order chi connectivity index (χ0) is 27.7. The number of amides is 3. The lowest BCUT2D eigenvalue weighted by atomic mass is 10.0. The average molecular weight is 546 g/mol. The summed E-state index contributed by atoms with van der Waals surface area (Å²) in [4.78, 5) is 48.6. The fraction of sp³-hybridized carbons (Fsp3) is 0.240. The van der Waals surface area contributed by atoms with Crippen molar-refractivity contribution in [2.45, 2.75) is 36.3 Å². The van der Waals surface area contributed by atoms with Crippen LogP contribution in [0.25, 0.3) is 0 Å². The number of carbonyl (C=O) groups is 3. The number of thioether (sulfide) groups is 1. The van der Waals surface area contributed by atoms with E-state index in [4.69, 9.17) is 0 Å². The summed E-state index contributed by atoms with van der Waals surface area (Å²) in [5, 5.41) is 3.06. The van der Waals surface area contributed by atoms with E-state index >= 15 is 0 Å². The average Bonchev–Trinajstić information content (AvgIpc) is 3.03. The molecular formula is C25H22F3N5O4S. The number of alkyl halides is 3. The first-order valence-corrected chi connectivity index (χ1v) is 12.0. The van der Waals surface area contributed by atoms with Gasteiger partial charge in [-0.05, 0) is 79.7 Å². The Morgan fingerprint density at radius 2 is 1.79 bits per heavy atom. The number of imide groups is 1. The van der Waals surface area contributed by atoms with Crippen LogP contribution in [0.5, 0.6) is 0 Å². The molecule has 0 unspecified atom stereocenters. The quantitative estimate of drug-likeness (QED) is 0.240. The van der Waals surface area contributed by atoms with Crippen molar-refractivity contribution in [1.29, 1.82) is 0 Å². The van der Waals surface area contributed by atoms with Crippen LogP contribution in [0.1, 0.15) is 29.9 Å². The number of nitrogens with one attached hydrogen (secondary N) is 1. The maximum absolute atomic E-state index is 13.3. The third-order valence-corrected chi connectivity index (χ3v) is 6.49. The molecule has 0 aliphatic carbocycles. The van der Waals surface area contributed by atoms with Crippen molar-refractivity contribution >= 4 is 46.9 Å². The minimum atomic E-state index is -4.44. The normalized spacial score (nSPS) is 15.1. The van der Waals surface area contributed by atoms with E-state index in [1.165, 1.54) is 54.7 Å². The molecule has 0 spiro atoms. The lowest BCUT2D eigenvalue weighted by Gasteiger charge is -2.27. The highest BCUT2D eigenvalue weighted by Gasteiger charge is 2.51. The Bertz CT molecular complexity index is 1360. The molecule has 0 saturated carbocycles. The number of esters is 1. The predicted molar refractivity (Wildman–Crippen MR) is 134 cm³/mol. The number of ether oxygens (including phenoxy) is 1. The first kappa shape index (κ1) is 26.9. The van der Waals surface area contributed by atoms with Crippen molar-refractivity contribution in [3.05, 3.63) is 72.2 Å². The standard InChI is InChI=1S/C25H22F3N5O4S/c1-24(2)22(35)33(17-5-7-18(8-6-17)38-25(26,27)28)23(36)32(24)14-15-10-11-29-20(12-15)31-16-4-9-19(30-13-16)21(34)37-3/h4-13H,14H2,1-3H3,(H,29,31). The predicted octanol–water partition coefficient (Wildman–Crippen LogP) is 5.37. The van der Waals surface area contributed by atoms with Gasteiger partial charge in [0.25, 0.3) is 5.91 Å². The molecule has 1 aliphatic rings. The molecule has 1 saturated heterocycles. The molecule has 1 fully saturated rings. The molecule has 1 N–H and O–H groups in total. The first-order valence-electron chi connectivity index (χ1n) is 11.2. The summed E-state index contributed by atoms with van der Waals surface area (Å²) in [5.41, 5.74) is -4.08. The van der Waals surface area contributed by atoms with Gasteiger partial charge in [-0.15, -0.1) is 0 Å². The molecular weight excluding hydrogens is 523 g/mol. The number of hydrogen-bond acceptors (Lipinski definition) is 8. The maximum atomic E-state index is 13.3. The Balaban J connectivity index is 1.50. The summed E-state index contributed by atoms with van der Waals surface area (Å²) in [7, 11) is 1.26. The van der Waals surface area contributed by atoms with Crippen LogP contribution in [-0.4, -0.2) is 50.9 Å². The number of rotatable bonds is 7. The van der Waals surface area contributed by atoms with Crippen molar-refractivity contribution in [2.75, 3.05) is 17.3 Å². The third-order valence-electron chi connectivity index (χ3n) is 5.75. The smallest absolute Gasteiger partial charge is 0.446 e. The molecule has 0 radical (unpaired) electrons. The summed E-state index contributed by atoms with van der Waals surface area (Å²) in [5.74, 6) is -0.613. The molecule has 198 valence electrons. The van der Waals surface area contributed by atoms with Gasteiger partial charge in [0, 0.05) is 17.6 Å². The van der Waals surface area contributed by atoms with E-state index in [9.17, 15) is 27.6 Å². The Morgan fingerprint density at radius 1 is 1.08 bits per heavy atom. The monoisotopic (exact) mass is 545 g/mol. The van der Waals surface area contributed by atoms with E-state index < -0.39 is 29.0 Å². The van der Waals surface area contributed by atoms with Gasteiger partial charge in [0.05, 0.1) is 24.7 Å². The minimum Gasteiger partial charge on any atom is -0.464 e. The SMILES string of the molecule is COC(=O)c1ccc(Nc2cc(CN3C(=O)N(c4ccc(SC(F)(F)F)cc4)C(=O)C3(C)C)ccn2)cn1. The molecule has 1 aliphatic heterocycles. The molecule has 9 nitrogen and oxygen atoms in total. The molecule has 3 amide bonds. The molecule has 2 aromatic heterocycles. The van der Waals surface area contributed by atoms with Crippen molar-refractivity contribution < 1.29 is 32.3 Å². The number of aromatic nitrogens is 2. The summed E-state index contributed by atoms with van der Waals surface area (Å²) in [6.45, 7) is 3.29. The van der Waals surface area contributed by atoms with Gasteiger partial charge in [0.2, 0.25) is 0 Å². The number of methoxy groups -OCH3 is 1. The Hall–Kier alpha value is -4.13. The second-order valence-corrected chi connectivity index (χ2v) is 9.85. The van der Waals surface area contributed by atoms with Crippen LogP contribution < -0.4 is 10.2 Å². The Labute approximate surface area is 220 Å². The van der Waals surface area contributed by atoms with Crippen LogP contribution in [0.4, 0.5) is 35.2 Å². The van der Waals surface area contributed by atoms with Crippen molar-refractivity contribution in [3.63, 3.8) is 0 Å². The number of pyridine rings is 2. The molecule has 4 rings (SSSR count). The van der Waals surface area contributed by atoms with Crippen molar-refractivity contribution in [1.82, 2.24) is 14.9 Å². The zero-order valence-electron chi connectivity index (χ0n) is 20.4. The lowest BCUT2D eigenvalue weighted by molar-refractivity contribution is -0.123. The molecule has 1 aromatic carbocycles. The summed E-state index contributed by atoms with van der Waals surface area (Å²) >= 11 is -0.275. The van der Waals surface area contributed by atoms with Gasteiger partial charge in [-0.25, -0.2) is 24.5 Å². The number of halogens is 3. The van der Waals surface area contributed by atoms with Crippen molar-refractivity contribution in [3.8, 4) is 0 Å². The van der Waals surface area contributed by atoms with Crippen molar-refractivity contribution in [2.24, 2.45) is 0 Å². The number of hydrogen-bond donors (Lipinski definition) is 1. The second-order valence-electron chi connectivity index (χ2n) is 8.71. The zero-order valence-corrected chi connectivity index (χ0v) is 21.3.